The standard InChI is InChI=1S/C67H121N2O7P/c1-7-10-13-16-19-22-25-27-29-31-32-33-34-35-36-38-39-41-44-47-50-53-56-59-66(70)68-64(63-75-77(72,73)74-62-61-69(4,5)6)65(58-55-52-49-46-43-24-21-18-15-12-9-3)76-67(71)60-57-54-51-48-45-42-40-37-30-28-26-23-20-17-14-11-8-2/h11,14,17,20,23,26,28,30,37,40,42,45,55,58,64-65H,7-10,12-13,15-16,18-19,21-22,24-25,27,29,31-36,38-39,41,43-44,46-54,56-57,59-63H2,1-6H3,(H-,68,70,72,73)/b14-11-,20-17+,26-23+,30-28-,40-37+,45-42+,58-55+. The first-order valence-electron chi connectivity index (χ1n) is 32.0. The number of phosphoric acid groups is 1. The zero-order valence-electron chi connectivity index (χ0n) is 50.9. The van der Waals surface area contributed by atoms with Gasteiger partial charge in [0.15, 0.2) is 0 Å². The Morgan fingerprint density at radius 3 is 1.26 bits per heavy atom. The third-order valence-corrected chi connectivity index (χ3v) is 15.0. The van der Waals surface area contributed by atoms with Gasteiger partial charge in [-0.05, 0) is 51.0 Å². The highest BCUT2D eigenvalue weighted by atomic mass is 31.2. The number of unbranched alkanes of at least 4 members (excludes halogenated alkanes) is 34. The Labute approximate surface area is 476 Å². The quantitative estimate of drug-likeness (QED) is 0.0161. The summed E-state index contributed by atoms with van der Waals surface area (Å²) in [6, 6.07) is -0.909. The molecule has 0 aliphatic heterocycles. The summed E-state index contributed by atoms with van der Waals surface area (Å²) in [5.41, 5.74) is 0. The Morgan fingerprint density at radius 2 is 0.831 bits per heavy atom. The van der Waals surface area contributed by atoms with E-state index >= 15 is 0 Å². The monoisotopic (exact) mass is 1100 g/mol. The molecule has 0 saturated carbocycles. The Morgan fingerprint density at radius 1 is 0.468 bits per heavy atom. The fourth-order valence-electron chi connectivity index (χ4n) is 9.08. The molecule has 0 aromatic rings. The number of rotatable bonds is 57. The van der Waals surface area contributed by atoms with Crippen molar-refractivity contribution >= 4 is 19.7 Å². The van der Waals surface area contributed by atoms with Gasteiger partial charge in [0.2, 0.25) is 5.91 Å². The van der Waals surface area contributed by atoms with Crippen molar-refractivity contribution < 1.29 is 37.3 Å². The molecule has 0 aromatic carbocycles. The normalized spacial score (nSPS) is 14.2. The van der Waals surface area contributed by atoms with Crippen LogP contribution >= 0.6 is 7.82 Å². The maximum atomic E-state index is 13.5. The number of quaternary nitrogens is 1. The molecule has 3 unspecified atom stereocenters. The number of ether oxygens (including phenoxy) is 1. The molecule has 77 heavy (non-hydrogen) atoms. The van der Waals surface area contributed by atoms with Crippen LogP contribution in [0, 0.1) is 0 Å². The molecule has 10 heteroatoms. The third kappa shape index (κ3) is 57.7. The summed E-state index contributed by atoms with van der Waals surface area (Å²) in [6.45, 7) is 6.68. The predicted molar refractivity (Wildman–Crippen MR) is 330 cm³/mol. The predicted octanol–water partition coefficient (Wildman–Crippen LogP) is 19.1. The number of phosphoric ester groups is 1. The van der Waals surface area contributed by atoms with Crippen molar-refractivity contribution in [2.75, 3.05) is 40.9 Å². The Bertz CT molecular complexity index is 1590. The van der Waals surface area contributed by atoms with Gasteiger partial charge in [0.1, 0.15) is 19.3 Å². The molecule has 1 amide bonds. The maximum absolute atomic E-state index is 13.5. The molecule has 446 valence electrons. The summed E-state index contributed by atoms with van der Waals surface area (Å²) in [5, 5.41) is 3.02. The molecule has 0 radical (unpaired) electrons. The molecule has 0 fully saturated rings. The van der Waals surface area contributed by atoms with Gasteiger partial charge in [0.25, 0.3) is 7.82 Å². The van der Waals surface area contributed by atoms with E-state index in [-0.39, 0.29) is 24.9 Å². The van der Waals surface area contributed by atoms with Gasteiger partial charge in [-0.15, -0.1) is 0 Å². The minimum absolute atomic E-state index is 0.0322. The summed E-state index contributed by atoms with van der Waals surface area (Å²) < 4.78 is 30.3. The molecule has 0 aliphatic rings. The van der Waals surface area contributed by atoms with Crippen LogP contribution in [0.2, 0.25) is 0 Å². The number of nitrogens with zero attached hydrogens (tertiary/aromatic N) is 1. The number of hydrogen-bond donors (Lipinski definition) is 1. The summed E-state index contributed by atoms with van der Waals surface area (Å²) in [6.07, 6.45) is 74.2. The van der Waals surface area contributed by atoms with Crippen LogP contribution in [0.5, 0.6) is 0 Å². The van der Waals surface area contributed by atoms with Gasteiger partial charge in [-0.25, -0.2) is 0 Å². The molecule has 0 saturated heterocycles. The van der Waals surface area contributed by atoms with Gasteiger partial charge >= 0.3 is 5.97 Å². The summed E-state index contributed by atoms with van der Waals surface area (Å²) in [4.78, 5) is 40.0. The highest BCUT2D eigenvalue weighted by Crippen LogP contribution is 2.38. The van der Waals surface area contributed by atoms with Crippen molar-refractivity contribution in [1.29, 1.82) is 0 Å². The fraction of sp³-hybridized carbons (Fsp3) is 0.761. The average molecular weight is 1100 g/mol. The highest BCUT2D eigenvalue weighted by Gasteiger charge is 2.27. The van der Waals surface area contributed by atoms with Gasteiger partial charge in [-0.2, -0.15) is 0 Å². The van der Waals surface area contributed by atoms with Gasteiger partial charge in [-0.3, -0.25) is 14.2 Å². The second-order valence-electron chi connectivity index (χ2n) is 22.7. The number of likely N-dealkylation sites (N-methyl/N-ethyl adjacent to an activating group) is 1. The second-order valence-corrected chi connectivity index (χ2v) is 24.1. The molecule has 0 aromatic heterocycles. The Hall–Kier alpha value is -2.81. The number of esters is 1. The number of carbonyl (C=O) groups excluding carboxylic acids is 2. The van der Waals surface area contributed by atoms with Crippen LogP contribution in [0.3, 0.4) is 0 Å². The molecule has 9 nitrogen and oxygen atoms in total. The first-order valence-corrected chi connectivity index (χ1v) is 33.4. The average Bonchev–Trinajstić information content (AvgIpc) is 3.39. The first-order chi connectivity index (χ1) is 37.4. The zero-order chi connectivity index (χ0) is 56.4. The molecular weight excluding hydrogens is 976 g/mol. The number of carbonyl (C=O) groups is 2. The van der Waals surface area contributed by atoms with E-state index in [4.69, 9.17) is 13.8 Å². The van der Waals surface area contributed by atoms with Crippen LogP contribution in [0.4, 0.5) is 0 Å². The highest BCUT2D eigenvalue weighted by molar-refractivity contribution is 7.45. The molecule has 3 atom stereocenters. The van der Waals surface area contributed by atoms with Crippen LogP contribution in [-0.4, -0.2) is 69.4 Å². The lowest BCUT2D eigenvalue weighted by Gasteiger charge is -2.30. The minimum Gasteiger partial charge on any atom is -0.756 e. The van der Waals surface area contributed by atoms with E-state index in [1.165, 1.54) is 173 Å². The van der Waals surface area contributed by atoms with Gasteiger partial charge in [0, 0.05) is 12.8 Å². The largest absolute Gasteiger partial charge is 0.756 e. The number of hydrogen-bond acceptors (Lipinski definition) is 7. The van der Waals surface area contributed by atoms with Crippen molar-refractivity contribution in [3.05, 3.63) is 85.1 Å². The van der Waals surface area contributed by atoms with E-state index in [0.717, 1.165) is 64.2 Å². The molecule has 0 aliphatic carbocycles. The van der Waals surface area contributed by atoms with Gasteiger partial charge in [-0.1, -0.05) is 299 Å². The molecular formula is C67H121N2O7P. The van der Waals surface area contributed by atoms with E-state index in [2.05, 4.69) is 38.2 Å². The molecule has 0 spiro atoms. The van der Waals surface area contributed by atoms with E-state index in [1.54, 1.807) is 0 Å². The summed E-state index contributed by atoms with van der Waals surface area (Å²) in [5.74, 6) is -0.588. The van der Waals surface area contributed by atoms with Crippen LogP contribution < -0.4 is 10.2 Å². The Kier molecular flexibility index (Phi) is 54.4. The van der Waals surface area contributed by atoms with E-state index in [1.807, 2.05) is 94.1 Å². The number of nitrogens with one attached hydrogen (secondary N) is 1. The number of allylic oxidation sites excluding steroid dienone is 13. The van der Waals surface area contributed by atoms with Crippen molar-refractivity contribution in [2.24, 2.45) is 0 Å². The first kappa shape index (κ1) is 74.2. The zero-order valence-corrected chi connectivity index (χ0v) is 51.8. The lowest BCUT2D eigenvalue weighted by Crippen LogP contribution is -2.47. The SMILES string of the molecule is CC\C=C/C=C/C=C/C=C\C=C\C=C\CCCCCC(=O)OC(/C=C/CCCCCCCCCCC)C(COP(=O)([O-])OCC[N+](C)(C)C)NC(=O)CCCCCCCCCCCCCCCCCCCCCCCCC. The summed E-state index contributed by atoms with van der Waals surface area (Å²) in [7, 11) is 1.16. The third-order valence-electron chi connectivity index (χ3n) is 14.0. The Balaban J connectivity index is 5.18. The minimum atomic E-state index is -4.71. The molecule has 0 rings (SSSR count). The van der Waals surface area contributed by atoms with E-state index in [0.29, 0.717) is 23.9 Å². The van der Waals surface area contributed by atoms with E-state index in [9.17, 15) is 19.0 Å². The molecule has 0 heterocycles. The van der Waals surface area contributed by atoms with E-state index < -0.39 is 26.6 Å². The topological polar surface area (TPSA) is 114 Å². The van der Waals surface area contributed by atoms with Crippen molar-refractivity contribution in [1.82, 2.24) is 5.32 Å². The van der Waals surface area contributed by atoms with Crippen LogP contribution in [0.15, 0.2) is 85.1 Å². The summed E-state index contributed by atoms with van der Waals surface area (Å²) >= 11 is 0. The molecule has 1 N–H and O–H groups in total. The van der Waals surface area contributed by atoms with Crippen LogP contribution in [0.1, 0.15) is 278 Å². The number of amides is 1. The van der Waals surface area contributed by atoms with Crippen molar-refractivity contribution in [3.8, 4) is 0 Å². The smallest absolute Gasteiger partial charge is 0.306 e. The lowest BCUT2D eigenvalue weighted by atomic mass is 10.0. The van der Waals surface area contributed by atoms with Gasteiger partial charge < -0.3 is 28.5 Å². The molecule has 0 bridgehead atoms. The lowest BCUT2D eigenvalue weighted by molar-refractivity contribution is -0.870. The van der Waals surface area contributed by atoms with Crippen molar-refractivity contribution in [2.45, 2.75) is 290 Å². The van der Waals surface area contributed by atoms with Crippen LogP contribution in [0.25, 0.3) is 0 Å². The van der Waals surface area contributed by atoms with Crippen molar-refractivity contribution in [3.63, 3.8) is 0 Å². The van der Waals surface area contributed by atoms with Gasteiger partial charge in [0.05, 0.1) is 33.8 Å². The maximum Gasteiger partial charge on any atom is 0.306 e. The fourth-order valence-corrected chi connectivity index (χ4v) is 9.81. The second kappa shape index (κ2) is 56.5. The van der Waals surface area contributed by atoms with Crippen LogP contribution in [-0.2, 0) is 27.9 Å².